The number of benzene rings is 1. The number of hydrogen-bond donors (Lipinski definition) is 1. The second-order valence-corrected chi connectivity index (χ2v) is 10.9. The highest BCUT2D eigenvalue weighted by atomic mass is 32.2. The van der Waals surface area contributed by atoms with Gasteiger partial charge in [-0.2, -0.15) is 0 Å². The van der Waals surface area contributed by atoms with Crippen molar-refractivity contribution in [2.45, 2.75) is 51.0 Å². The summed E-state index contributed by atoms with van der Waals surface area (Å²) >= 11 is 7.12. The molecule has 0 spiro atoms. The number of aliphatic hydroxyl groups is 1. The van der Waals surface area contributed by atoms with E-state index in [0.29, 0.717) is 18.4 Å². The summed E-state index contributed by atoms with van der Waals surface area (Å²) in [5.41, 5.74) is 4.70. The number of amides is 1. The molecule has 3 aliphatic carbocycles. The van der Waals surface area contributed by atoms with Crippen LogP contribution in [-0.4, -0.2) is 40.0 Å². The first-order valence-corrected chi connectivity index (χ1v) is 12.7. The molecule has 0 radical (unpaired) electrons. The average molecular weight is 468 g/mol. The summed E-state index contributed by atoms with van der Waals surface area (Å²) in [5.74, 6) is 2.31. The predicted octanol–water partition coefficient (Wildman–Crippen LogP) is 5.48. The van der Waals surface area contributed by atoms with Gasteiger partial charge in [0.05, 0.1) is 12.0 Å². The predicted molar refractivity (Wildman–Crippen MR) is 133 cm³/mol. The standard InChI is InChI=1S/C26H29NO3S2/c1-30-22-6-2-4-18(14-22)20-12-17(5-3-9-28)21(13-20)15-24-25(29)27(26(31)32-24)23-11-16-7-8-19(23)10-16/h2,4,6,12,14-16,19,23,28H,3,5,7-11,13H2,1H3. The van der Waals surface area contributed by atoms with E-state index in [4.69, 9.17) is 17.0 Å². The van der Waals surface area contributed by atoms with Crippen LogP contribution in [-0.2, 0) is 4.79 Å². The zero-order valence-electron chi connectivity index (χ0n) is 18.4. The van der Waals surface area contributed by atoms with Gasteiger partial charge in [-0.3, -0.25) is 9.69 Å². The molecule has 32 heavy (non-hydrogen) atoms. The Labute approximate surface area is 199 Å². The smallest absolute Gasteiger partial charge is 0.266 e. The number of hydrogen-bond acceptors (Lipinski definition) is 5. The van der Waals surface area contributed by atoms with Crippen molar-refractivity contribution in [3.8, 4) is 5.75 Å². The SMILES string of the molecule is COc1cccc(C2=CC(CCCO)=C(C=C3SC(=S)N(C4CC5CCC4C5)C3=O)C2)c1. The molecular formula is C26H29NO3S2. The van der Waals surface area contributed by atoms with E-state index in [9.17, 15) is 9.90 Å². The number of ether oxygens (including phenoxy) is 1. The number of rotatable bonds is 7. The molecule has 3 fully saturated rings. The van der Waals surface area contributed by atoms with Gasteiger partial charge in [0.1, 0.15) is 10.1 Å². The molecule has 1 heterocycles. The number of nitrogens with zero attached hydrogens (tertiary/aromatic N) is 1. The molecule has 4 nitrogen and oxygen atoms in total. The third-order valence-electron chi connectivity index (χ3n) is 7.35. The van der Waals surface area contributed by atoms with Gasteiger partial charge >= 0.3 is 0 Å². The fourth-order valence-corrected chi connectivity index (χ4v) is 7.16. The normalized spacial score (nSPS) is 28.4. The number of methoxy groups -OCH3 is 1. The van der Waals surface area contributed by atoms with Crippen LogP contribution in [0, 0.1) is 11.8 Å². The van der Waals surface area contributed by atoms with Gasteiger partial charge in [-0.15, -0.1) is 0 Å². The number of aliphatic hydroxyl groups excluding tert-OH is 1. The van der Waals surface area contributed by atoms with E-state index < -0.39 is 0 Å². The van der Waals surface area contributed by atoms with Gasteiger partial charge in [0.2, 0.25) is 0 Å². The van der Waals surface area contributed by atoms with Crippen LogP contribution < -0.4 is 4.74 Å². The summed E-state index contributed by atoms with van der Waals surface area (Å²) in [6, 6.07) is 8.38. The van der Waals surface area contributed by atoms with Gasteiger partial charge in [-0.25, -0.2) is 0 Å². The fourth-order valence-electron chi connectivity index (χ4n) is 5.78. The largest absolute Gasteiger partial charge is 0.497 e. The third kappa shape index (κ3) is 4.09. The molecule has 1 saturated heterocycles. The lowest BCUT2D eigenvalue weighted by Crippen LogP contribution is -2.41. The molecule has 1 amide bonds. The molecule has 1 aromatic carbocycles. The van der Waals surface area contributed by atoms with E-state index in [2.05, 4.69) is 18.2 Å². The maximum atomic E-state index is 13.4. The Bertz CT molecular complexity index is 1040. The topological polar surface area (TPSA) is 49.8 Å². The summed E-state index contributed by atoms with van der Waals surface area (Å²) in [5, 5.41) is 9.38. The summed E-state index contributed by atoms with van der Waals surface area (Å²) < 4.78 is 6.11. The highest BCUT2D eigenvalue weighted by Gasteiger charge is 2.48. The minimum absolute atomic E-state index is 0.0846. The maximum absolute atomic E-state index is 13.4. The first-order chi connectivity index (χ1) is 15.6. The summed E-state index contributed by atoms with van der Waals surface area (Å²) in [7, 11) is 1.68. The van der Waals surface area contributed by atoms with Crippen LogP contribution in [0.4, 0.5) is 0 Å². The Hall–Kier alpha value is -1.89. The van der Waals surface area contributed by atoms with Crippen LogP contribution in [0.25, 0.3) is 5.57 Å². The van der Waals surface area contributed by atoms with E-state index >= 15 is 0 Å². The second-order valence-electron chi connectivity index (χ2n) is 9.25. The van der Waals surface area contributed by atoms with E-state index in [1.807, 2.05) is 23.1 Å². The summed E-state index contributed by atoms with van der Waals surface area (Å²) in [6.45, 7) is 0.158. The number of thioether (sulfide) groups is 1. The highest BCUT2D eigenvalue weighted by molar-refractivity contribution is 8.26. The molecule has 168 valence electrons. The Morgan fingerprint density at radius 3 is 2.91 bits per heavy atom. The van der Waals surface area contributed by atoms with Gasteiger partial charge in [-0.1, -0.05) is 48.6 Å². The summed E-state index contributed by atoms with van der Waals surface area (Å²) in [4.78, 5) is 16.0. The lowest BCUT2D eigenvalue weighted by molar-refractivity contribution is -0.124. The van der Waals surface area contributed by atoms with Crippen LogP contribution in [0.3, 0.4) is 0 Å². The Morgan fingerprint density at radius 1 is 1.31 bits per heavy atom. The minimum Gasteiger partial charge on any atom is -0.497 e. The molecule has 3 unspecified atom stereocenters. The second kappa shape index (κ2) is 9.16. The monoisotopic (exact) mass is 467 g/mol. The van der Waals surface area contributed by atoms with Gasteiger partial charge in [0.25, 0.3) is 5.91 Å². The molecule has 1 aliphatic heterocycles. The number of fused-ring (bicyclic) bond motifs is 2. The maximum Gasteiger partial charge on any atom is 0.266 e. The van der Waals surface area contributed by atoms with Crippen molar-refractivity contribution in [2.75, 3.05) is 13.7 Å². The van der Waals surface area contributed by atoms with Crippen molar-refractivity contribution in [1.29, 1.82) is 0 Å². The van der Waals surface area contributed by atoms with Crippen molar-refractivity contribution < 1.29 is 14.6 Å². The van der Waals surface area contributed by atoms with Crippen molar-refractivity contribution in [2.24, 2.45) is 11.8 Å². The van der Waals surface area contributed by atoms with E-state index in [1.54, 1.807) is 7.11 Å². The van der Waals surface area contributed by atoms with Gasteiger partial charge in [0.15, 0.2) is 0 Å². The first-order valence-electron chi connectivity index (χ1n) is 11.5. The Kier molecular flexibility index (Phi) is 6.28. The molecular weight excluding hydrogens is 438 g/mol. The van der Waals surface area contributed by atoms with Crippen LogP contribution >= 0.6 is 24.0 Å². The molecule has 6 heteroatoms. The minimum atomic E-state index is 0.0846. The molecule has 0 aromatic heterocycles. The van der Waals surface area contributed by atoms with Gasteiger partial charge in [0, 0.05) is 12.6 Å². The van der Waals surface area contributed by atoms with Crippen molar-refractivity contribution in [1.82, 2.24) is 4.90 Å². The van der Waals surface area contributed by atoms with E-state index in [1.165, 1.54) is 42.2 Å². The Morgan fingerprint density at radius 2 is 2.19 bits per heavy atom. The molecule has 5 rings (SSSR count). The lowest BCUT2D eigenvalue weighted by atomic mass is 9.94. The highest BCUT2D eigenvalue weighted by Crippen LogP contribution is 2.49. The van der Waals surface area contributed by atoms with E-state index in [0.717, 1.165) is 51.3 Å². The van der Waals surface area contributed by atoms with Crippen LogP contribution in [0.2, 0.25) is 0 Å². The zero-order chi connectivity index (χ0) is 22.2. The Balaban J connectivity index is 1.39. The first kappa shape index (κ1) is 21.9. The van der Waals surface area contributed by atoms with Crippen molar-refractivity contribution in [3.63, 3.8) is 0 Å². The third-order valence-corrected chi connectivity index (χ3v) is 8.68. The number of carbonyl (C=O) groups excluding carboxylic acids is 1. The fraction of sp³-hybridized carbons (Fsp3) is 0.462. The quantitative estimate of drug-likeness (QED) is 0.425. The van der Waals surface area contributed by atoms with Gasteiger partial charge in [-0.05, 0) is 90.9 Å². The molecule has 4 aliphatic rings. The number of carbonyl (C=O) groups is 1. The number of thiocarbonyl (C=S) groups is 1. The van der Waals surface area contributed by atoms with Crippen LogP contribution in [0.5, 0.6) is 5.75 Å². The lowest BCUT2D eigenvalue weighted by Gasteiger charge is -2.30. The van der Waals surface area contributed by atoms with Crippen molar-refractivity contribution in [3.05, 3.63) is 58.0 Å². The molecule has 1 aromatic rings. The number of allylic oxidation sites excluding steroid dienone is 5. The van der Waals surface area contributed by atoms with E-state index in [-0.39, 0.29) is 12.5 Å². The molecule has 3 atom stereocenters. The molecule has 1 N–H and O–H groups in total. The zero-order valence-corrected chi connectivity index (χ0v) is 20.0. The molecule has 2 saturated carbocycles. The van der Waals surface area contributed by atoms with Crippen molar-refractivity contribution >= 4 is 39.8 Å². The van der Waals surface area contributed by atoms with Crippen LogP contribution in [0.1, 0.15) is 50.5 Å². The molecule has 2 bridgehead atoms. The van der Waals surface area contributed by atoms with Gasteiger partial charge < -0.3 is 9.84 Å². The van der Waals surface area contributed by atoms with Crippen LogP contribution in [0.15, 0.2) is 52.5 Å². The summed E-state index contributed by atoms with van der Waals surface area (Å²) in [6.07, 6.45) is 11.5. The average Bonchev–Trinajstić information content (AvgIpc) is 3.57.